The Morgan fingerprint density at radius 3 is 2.43 bits per heavy atom. The zero-order chi connectivity index (χ0) is 10.9. The van der Waals surface area contributed by atoms with E-state index in [1.807, 2.05) is 0 Å². The van der Waals surface area contributed by atoms with Crippen molar-refractivity contribution < 1.29 is 25.2 Å². The first kappa shape index (κ1) is 11.2. The average molecular weight is 202 g/mol. The predicted molar refractivity (Wildman–Crippen MR) is 47.5 cm³/mol. The first-order valence-corrected chi connectivity index (χ1v) is 4.35. The quantitative estimate of drug-likeness (QED) is 0.436. The largest absolute Gasteiger partial charge is 0.479 e. The lowest BCUT2D eigenvalue weighted by molar-refractivity contribution is -0.176. The van der Waals surface area contributed by atoms with Gasteiger partial charge in [0.25, 0.3) is 0 Å². The Labute approximate surface area is 81.3 Å². The highest BCUT2D eigenvalue weighted by atomic mass is 16.4. The number of hydrogen-bond acceptors (Lipinski definition) is 4. The van der Waals surface area contributed by atoms with E-state index in [-0.39, 0.29) is 12.8 Å². The van der Waals surface area contributed by atoms with E-state index >= 15 is 0 Å². The number of rotatable bonds is 2. The second-order valence-corrected chi connectivity index (χ2v) is 3.70. The van der Waals surface area contributed by atoms with Gasteiger partial charge in [-0.15, -0.1) is 6.58 Å². The molecule has 0 amide bonds. The third-order valence-corrected chi connectivity index (χ3v) is 2.65. The van der Waals surface area contributed by atoms with Gasteiger partial charge in [-0.05, 0) is 6.42 Å². The molecule has 0 heterocycles. The van der Waals surface area contributed by atoms with Crippen LogP contribution in [0.1, 0.15) is 12.8 Å². The van der Waals surface area contributed by atoms with Gasteiger partial charge in [0, 0.05) is 12.3 Å². The highest BCUT2D eigenvalue weighted by Crippen LogP contribution is 2.33. The smallest absolute Gasteiger partial charge is 0.335 e. The van der Waals surface area contributed by atoms with Crippen molar-refractivity contribution in [3.63, 3.8) is 0 Å². The SMILES string of the molecule is C=C[C@@H]1C[C@](O)(C(=O)O)C[C@@H](O)[C@H]1O. The van der Waals surface area contributed by atoms with Crippen LogP contribution in [0, 0.1) is 5.92 Å². The van der Waals surface area contributed by atoms with E-state index in [2.05, 4.69) is 6.58 Å². The molecular formula is C9H14O5. The van der Waals surface area contributed by atoms with Crippen molar-refractivity contribution in [2.45, 2.75) is 30.7 Å². The standard InChI is InChI=1S/C9H14O5/c1-2-5-3-9(14,8(12)13)4-6(10)7(5)11/h2,5-7,10-11,14H,1,3-4H2,(H,12,13)/t5-,6-,7+,9-/m1/s1. The Bertz CT molecular complexity index is 252. The molecule has 4 N–H and O–H groups in total. The summed E-state index contributed by atoms with van der Waals surface area (Å²) in [6, 6.07) is 0. The number of carboxylic acid groups (broad SMARTS) is 1. The molecule has 80 valence electrons. The van der Waals surface area contributed by atoms with Crippen LogP contribution in [0.15, 0.2) is 12.7 Å². The highest BCUT2D eigenvalue weighted by Gasteiger charge is 2.47. The Balaban J connectivity index is 2.87. The molecule has 0 radical (unpaired) electrons. The number of carboxylic acids is 1. The van der Waals surface area contributed by atoms with Crippen LogP contribution in [0.4, 0.5) is 0 Å². The highest BCUT2D eigenvalue weighted by molar-refractivity contribution is 5.77. The second-order valence-electron chi connectivity index (χ2n) is 3.70. The van der Waals surface area contributed by atoms with Gasteiger partial charge in [-0.2, -0.15) is 0 Å². The number of carbonyl (C=O) groups is 1. The molecule has 0 bridgehead atoms. The molecule has 4 atom stereocenters. The lowest BCUT2D eigenvalue weighted by Gasteiger charge is -2.38. The van der Waals surface area contributed by atoms with Crippen molar-refractivity contribution in [3.8, 4) is 0 Å². The molecule has 1 aliphatic rings. The zero-order valence-electron chi connectivity index (χ0n) is 7.63. The van der Waals surface area contributed by atoms with Crippen LogP contribution < -0.4 is 0 Å². The van der Waals surface area contributed by atoms with Crippen LogP contribution in [0.2, 0.25) is 0 Å². The molecular weight excluding hydrogens is 188 g/mol. The molecule has 1 saturated carbocycles. The van der Waals surface area contributed by atoms with Gasteiger partial charge in [0.1, 0.15) is 0 Å². The molecule has 0 spiro atoms. The maximum absolute atomic E-state index is 10.7. The Morgan fingerprint density at radius 2 is 2.00 bits per heavy atom. The molecule has 5 heteroatoms. The van der Waals surface area contributed by atoms with E-state index in [1.54, 1.807) is 0 Å². The monoisotopic (exact) mass is 202 g/mol. The summed E-state index contributed by atoms with van der Waals surface area (Å²) < 4.78 is 0. The maximum atomic E-state index is 10.7. The van der Waals surface area contributed by atoms with Crippen LogP contribution in [0.5, 0.6) is 0 Å². The average Bonchev–Trinajstić information content (AvgIpc) is 2.11. The molecule has 1 rings (SSSR count). The van der Waals surface area contributed by atoms with E-state index < -0.39 is 29.7 Å². The third-order valence-electron chi connectivity index (χ3n) is 2.65. The van der Waals surface area contributed by atoms with E-state index in [0.29, 0.717) is 0 Å². The van der Waals surface area contributed by atoms with Crippen LogP contribution in [-0.4, -0.2) is 44.2 Å². The molecule has 0 aromatic rings. The van der Waals surface area contributed by atoms with Gasteiger partial charge in [0.2, 0.25) is 0 Å². The Kier molecular flexibility index (Phi) is 2.94. The lowest BCUT2D eigenvalue weighted by atomic mass is 9.75. The summed E-state index contributed by atoms with van der Waals surface area (Å²) in [6.45, 7) is 3.42. The van der Waals surface area contributed by atoms with Crippen LogP contribution >= 0.6 is 0 Å². The van der Waals surface area contributed by atoms with Crippen molar-refractivity contribution in [2.75, 3.05) is 0 Å². The topological polar surface area (TPSA) is 98.0 Å². The summed E-state index contributed by atoms with van der Waals surface area (Å²) in [4.78, 5) is 10.7. The minimum Gasteiger partial charge on any atom is -0.479 e. The van der Waals surface area contributed by atoms with Gasteiger partial charge in [-0.3, -0.25) is 0 Å². The van der Waals surface area contributed by atoms with Crippen molar-refractivity contribution in [2.24, 2.45) is 5.92 Å². The summed E-state index contributed by atoms with van der Waals surface area (Å²) in [5.41, 5.74) is -1.96. The Morgan fingerprint density at radius 1 is 1.43 bits per heavy atom. The number of hydrogen-bond donors (Lipinski definition) is 4. The van der Waals surface area contributed by atoms with Gasteiger partial charge in [0.15, 0.2) is 5.60 Å². The first-order chi connectivity index (χ1) is 6.40. The molecule has 0 unspecified atom stereocenters. The van der Waals surface area contributed by atoms with Crippen molar-refractivity contribution in [3.05, 3.63) is 12.7 Å². The minimum atomic E-state index is -1.96. The van der Waals surface area contributed by atoms with Gasteiger partial charge < -0.3 is 20.4 Å². The summed E-state index contributed by atoms with van der Waals surface area (Å²) >= 11 is 0. The number of aliphatic hydroxyl groups is 3. The molecule has 0 aromatic carbocycles. The van der Waals surface area contributed by atoms with Crippen LogP contribution in [-0.2, 0) is 4.79 Å². The molecule has 14 heavy (non-hydrogen) atoms. The predicted octanol–water partition coefficient (Wildman–Crippen LogP) is -0.880. The summed E-state index contributed by atoms with van der Waals surface area (Å²) in [6.07, 6.45) is -1.40. The molecule has 1 fully saturated rings. The summed E-state index contributed by atoms with van der Waals surface area (Å²) in [5.74, 6) is -1.98. The van der Waals surface area contributed by atoms with Crippen LogP contribution in [0.3, 0.4) is 0 Å². The van der Waals surface area contributed by atoms with Crippen LogP contribution in [0.25, 0.3) is 0 Å². The van der Waals surface area contributed by atoms with Crippen molar-refractivity contribution in [1.29, 1.82) is 0 Å². The normalized spacial score (nSPS) is 43.2. The molecule has 0 aliphatic heterocycles. The van der Waals surface area contributed by atoms with Crippen molar-refractivity contribution >= 4 is 5.97 Å². The van der Waals surface area contributed by atoms with Gasteiger partial charge in [-0.1, -0.05) is 6.08 Å². The van der Waals surface area contributed by atoms with E-state index in [0.717, 1.165) is 0 Å². The third kappa shape index (κ3) is 1.79. The summed E-state index contributed by atoms with van der Waals surface area (Å²) in [7, 11) is 0. The molecule has 5 nitrogen and oxygen atoms in total. The zero-order valence-corrected chi connectivity index (χ0v) is 7.63. The first-order valence-electron chi connectivity index (χ1n) is 4.35. The van der Waals surface area contributed by atoms with Gasteiger partial charge >= 0.3 is 5.97 Å². The fourth-order valence-electron chi connectivity index (χ4n) is 1.74. The summed E-state index contributed by atoms with van der Waals surface area (Å²) in [5, 5.41) is 37.1. The molecule has 0 aromatic heterocycles. The van der Waals surface area contributed by atoms with Crippen molar-refractivity contribution in [1.82, 2.24) is 0 Å². The maximum Gasteiger partial charge on any atom is 0.335 e. The number of aliphatic carboxylic acids is 1. The van der Waals surface area contributed by atoms with E-state index in [1.165, 1.54) is 6.08 Å². The lowest BCUT2D eigenvalue weighted by Crippen LogP contribution is -2.53. The molecule has 0 saturated heterocycles. The number of aliphatic hydroxyl groups excluding tert-OH is 2. The fraction of sp³-hybridized carbons (Fsp3) is 0.667. The van der Waals surface area contributed by atoms with E-state index in [4.69, 9.17) is 5.11 Å². The van der Waals surface area contributed by atoms with Gasteiger partial charge in [0.05, 0.1) is 12.2 Å². The fourth-order valence-corrected chi connectivity index (χ4v) is 1.74. The van der Waals surface area contributed by atoms with Gasteiger partial charge in [-0.25, -0.2) is 4.79 Å². The van der Waals surface area contributed by atoms with E-state index in [9.17, 15) is 20.1 Å². The second kappa shape index (κ2) is 3.68. The minimum absolute atomic E-state index is 0.121. The molecule has 1 aliphatic carbocycles. The Hall–Kier alpha value is -0.910.